The summed E-state index contributed by atoms with van der Waals surface area (Å²) in [6.07, 6.45) is 5.59. The smallest absolute Gasteiger partial charge is 0.266 e. The van der Waals surface area contributed by atoms with Gasteiger partial charge in [0.25, 0.3) is 5.91 Å². The van der Waals surface area contributed by atoms with Crippen molar-refractivity contribution in [2.24, 2.45) is 5.92 Å². The molecule has 5 nitrogen and oxygen atoms in total. The first-order valence-corrected chi connectivity index (χ1v) is 7.93. The van der Waals surface area contributed by atoms with E-state index in [4.69, 9.17) is 0 Å². The van der Waals surface area contributed by atoms with Crippen molar-refractivity contribution in [3.05, 3.63) is 10.6 Å². The molecule has 0 spiro atoms. The summed E-state index contributed by atoms with van der Waals surface area (Å²) < 4.78 is 3.86. The summed E-state index contributed by atoms with van der Waals surface area (Å²) in [5.74, 6) is 0.228. The van der Waals surface area contributed by atoms with E-state index in [9.17, 15) is 10.1 Å². The van der Waals surface area contributed by atoms with Crippen LogP contribution < -0.4 is 5.32 Å². The van der Waals surface area contributed by atoms with Gasteiger partial charge in [0.15, 0.2) is 0 Å². The second-order valence-electron chi connectivity index (χ2n) is 5.62. The van der Waals surface area contributed by atoms with Crippen molar-refractivity contribution in [2.75, 3.05) is 0 Å². The van der Waals surface area contributed by atoms with Gasteiger partial charge in [0.05, 0.1) is 11.8 Å². The Labute approximate surface area is 123 Å². The number of carbonyl (C=O) groups excluding carboxylic acids is 1. The lowest BCUT2D eigenvalue weighted by Gasteiger charge is -2.26. The Balaban J connectivity index is 2.05. The Hall–Kier alpha value is -1.48. The van der Waals surface area contributed by atoms with E-state index < -0.39 is 6.04 Å². The molecule has 0 bridgehead atoms. The minimum absolute atomic E-state index is 0.157. The van der Waals surface area contributed by atoms with E-state index >= 15 is 0 Å². The highest BCUT2D eigenvalue weighted by Crippen LogP contribution is 2.27. The Morgan fingerprint density at radius 2 is 2.10 bits per heavy atom. The molecule has 0 radical (unpaired) electrons. The fourth-order valence-corrected chi connectivity index (χ4v) is 3.38. The summed E-state index contributed by atoms with van der Waals surface area (Å²) >= 11 is 1.10. The molecule has 1 saturated carbocycles. The van der Waals surface area contributed by atoms with Crippen LogP contribution in [0.25, 0.3) is 0 Å². The van der Waals surface area contributed by atoms with Gasteiger partial charge in [0, 0.05) is 0 Å². The third-order valence-corrected chi connectivity index (χ3v) is 4.55. The van der Waals surface area contributed by atoms with Crippen molar-refractivity contribution >= 4 is 17.4 Å². The standard InChI is InChI=1S/C14H20N4OS/c1-9(2)12-13(20-18-17-12)14(19)16-11(8-15)10-6-4-3-5-7-10/h9-11H,3-7H2,1-2H3,(H,16,19). The SMILES string of the molecule is CC(C)c1nnsc1C(=O)NC(C#N)C1CCCCC1. The van der Waals surface area contributed by atoms with Gasteiger partial charge < -0.3 is 5.32 Å². The zero-order valence-corrected chi connectivity index (χ0v) is 12.7. The van der Waals surface area contributed by atoms with Crippen molar-refractivity contribution in [1.29, 1.82) is 5.26 Å². The van der Waals surface area contributed by atoms with Crippen LogP contribution in [-0.4, -0.2) is 21.5 Å². The maximum absolute atomic E-state index is 12.3. The van der Waals surface area contributed by atoms with Crippen molar-refractivity contribution in [3.63, 3.8) is 0 Å². The molecule has 1 heterocycles. The molecule has 1 aliphatic rings. The predicted octanol–water partition coefficient (Wildman–Crippen LogP) is 2.86. The topological polar surface area (TPSA) is 78.7 Å². The summed E-state index contributed by atoms with van der Waals surface area (Å²) in [7, 11) is 0. The van der Waals surface area contributed by atoms with E-state index in [0.29, 0.717) is 10.6 Å². The molecule has 20 heavy (non-hydrogen) atoms. The molecule has 1 aromatic heterocycles. The van der Waals surface area contributed by atoms with Crippen LogP contribution in [0.1, 0.15) is 67.2 Å². The minimum atomic E-state index is -0.398. The molecule has 0 saturated heterocycles. The molecule has 1 N–H and O–H groups in total. The van der Waals surface area contributed by atoms with Crippen LogP contribution in [0, 0.1) is 17.2 Å². The summed E-state index contributed by atoms with van der Waals surface area (Å²) in [6, 6.07) is 1.85. The highest BCUT2D eigenvalue weighted by atomic mass is 32.1. The van der Waals surface area contributed by atoms with Crippen LogP contribution in [0.15, 0.2) is 0 Å². The lowest BCUT2D eigenvalue weighted by atomic mass is 9.84. The number of rotatable bonds is 4. The van der Waals surface area contributed by atoms with Gasteiger partial charge in [-0.05, 0) is 36.2 Å². The number of hydrogen-bond donors (Lipinski definition) is 1. The first-order valence-electron chi connectivity index (χ1n) is 7.16. The van der Waals surface area contributed by atoms with Gasteiger partial charge in [0.2, 0.25) is 0 Å². The number of nitrogens with zero attached hydrogens (tertiary/aromatic N) is 3. The van der Waals surface area contributed by atoms with E-state index in [1.165, 1.54) is 6.42 Å². The van der Waals surface area contributed by atoms with Gasteiger partial charge in [-0.2, -0.15) is 5.26 Å². The maximum Gasteiger partial charge on any atom is 0.266 e. The molecule has 1 amide bonds. The van der Waals surface area contributed by atoms with Gasteiger partial charge in [0.1, 0.15) is 10.9 Å². The summed E-state index contributed by atoms with van der Waals surface area (Å²) in [5.41, 5.74) is 0.716. The summed E-state index contributed by atoms with van der Waals surface area (Å²) in [6.45, 7) is 3.97. The number of aromatic nitrogens is 2. The first-order chi connectivity index (χ1) is 9.63. The van der Waals surface area contributed by atoms with Crippen LogP contribution in [0.4, 0.5) is 0 Å². The van der Waals surface area contributed by atoms with E-state index in [-0.39, 0.29) is 17.7 Å². The van der Waals surface area contributed by atoms with Crippen molar-refractivity contribution in [3.8, 4) is 6.07 Å². The number of hydrogen-bond acceptors (Lipinski definition) is 5. The average molecular weight is 292 g/mol. The van der Waals surface area contributed by atoms with Crippen LogP contribution >= 0.6 is 11.5 Å². The second kappa shape index (κ2) is 6.80. The molecule has 1 atom stereocenters. The highest BCUT2D eigenvalue weighted by Gasteiger charge is 2.27. The zero-order valence-electron chi connectivity index (χ0n) is 11.9. The van der Waals surface area contributed by atoms with Crippen LogP contribution in [0.3, 0.4) is 0 Å². The first kappa shape index (κ1) is 14.9. The molecule has 1 aliphatic carbocycles. The van der Waals surface area contributed by atoms with E-state index in [0.717, 1.165) is 37.2 Å². The van der Waals surface area contributed by atoms with Gasteiger partial charge >= 0.3 is 0 Å². The molecule has 1 unspecified atom stereocenters. The van der Waals surface area contributed by atoms with Gasteiger partial charge in [-0.25, -0.2) is 0 Å². The Morgan fingerprint density at radius 3 is 2.70 bits per heavy atom. The fourth-order valence-electron chi connectivity index (χ4n) is 2.66. The molecular weight excluding hydrogens is 272 g/mol. The highest BCUT2D eigenvalue weighted by molar-refractivity contribution is 7.08. The van der Waals surface area contributed by atoms with E-state index in [1.807, 2.05) is 13.8 Å². The monoisotopic (exact) mass is 292 g/mol. The Morgan fingerprint density at radius 1 is 1.40 bits per heavy atom. The third-order valence-electron chi connectivity index (χ3n) is 3.81. The molecule has 2 rings (SSSR count). The molecule has 6 heteroatoms. The normalized spacial score (nSPS) is 17.7. The third kappa shape index (κ3) is 3.34. The number of carbonyl (C=O) groups is 1. The largest absolute Gasteiger partial charge is 0.335 e. The summed E-state index contributed by atoms with van der Waals surface area (Å²) in [4.78, 5) is 12.8. The fraction of sp³-hybridized carbons (Fsp3) is 0.714. The molecule has 1 aromatic rings. The quantitative estimate of drug-likeness (QED) is 0.925. The molecule has 0 aromatic carbocycles. The Bertz CT molecular complexity index is 500. The minimum Gasteiger partial charge on any atom is -0.335 e. The number of nitriles is 1. The van der Waals surface area contributed by atoms with Gasteiger partial charge in [-0.3, -0.25) is 4.79 Å². The van der Waals surface area contributed by atoms with E-state index in [1.54, 1.807) is 0 Å². The average Bonchev–Trinajstić information content (AvgIpc) is 2.95. The zero-order chi connectivity index (χ0) is 14.5. The number of nitrogens with one attached hydrogen (secondary N) is 1. The number of amides is 1. The maximum atomic E-state index is 12.3. The van der Waals surface area contributed by atoms with Crippen molar-refractivity contribution < 1.29 is 4.79 Å². The molecule has 1 fully saturated rings. The second-order valence-corrected chi connectivity index (χ2v) is 6.37. The van der Waals surface area contributed by atoms with Crippen molar-refractivity contribution in [1.82, 2.24) is 14.9 Å². The molecule has 108 valence electrons. The van der Waals surface area contributed by atoms with Gasteiger partial charge in [-0.1, -0.05) is 37.6 Å². The van der Waals surface area contributed by atoms with E-state index in [2.05, 4.69) is 21.0 Å². The van der Waals surface area contributed by atoms with Gasteiger partial charge in [-0.15, -0.1) is 5.10 Å². The van der Waals surface area contributed by atoms with Crippen molar-refractivity contribution in [2.45, 2.75) is 57.9 Å². The van der Waals surface area contributed by atoms with Crippen LogP contribution in [-0.2, 0) is 0 Å². The molecule has 0 aliphatic heterocycles. The predicted molar refractivity (Wildman–Crippen MR) is 77.4 cm³/mol. The molecular formula is C14H20N4OS. The lowest BCUT2D eigenvalue weighted by molar-refractivity contribution is 0.0931. The van der Waals surface area contributed by atoms with Crippen LogP contribution in [0.2, 0.25) is 0 Å². The summed E-state index contributed by atoms with van der Waals surface area (Å²) in [5, 5.41) is 16.2. The van der Waals surface area contributed by atoms with Crippen LogP contribution in [0.5, 0.6) is 0 Å². The Kier molecular flexibility index (Phi) is 5.07. The lowest BCUT2D eigenvalue weighted by Crippen LogP contribution is -2.40.